The molecule has 1 N–H and O–H groups in total. The highest BCUT2D eigenvalue weighted by Gasteiger charge is 2.49. The van der Waals surface area contributed by atoms with E-state index in [2.05, 4.69) is 0 Å². The minimum Gasteiger partial charge on any atom is -0.386 e. The van der Waals surface area contributed by atoms with Crippen molar-refractivity contribution in [1.29, 1.82) is 0 Å². The molecule has 0 spiro atoms. The molecule has 1 fully saturated rings. The highest BCUT2D eigenvalue weighted by atomic mass is 16.8. The fraction of sp³-hybridized carbons (Fsp3) is 0.400. The van der Waals surface area contributed by atoms with Gasteiger partial charge in [-0.25, -0.2) is 0 Å². The third-order valence-corrected chi connectivity index (χ3v) is 4.30. The highest BCUT2D eigenvalue weighted by molar-refractivity contribution is 5.23. The lowest BCUT2D eigenvalue weighted by Crippen LogP contribution is -2.35. The average molecular weight is 328 g/mol. The van der Waals surface area contributed by atoms with Crippen molar-refractivity contribution in [1.82, 2.24) is 0 Å². The summed E-state index contributed by atoms with van der Waals surface area (Å²) in [4.78, 5) is 0. The Hall–Kier alpha value is -1.72. The number of hydrogen-bond acceptors (Lipinski definition) is 4. The van der Waals surface area contributed by atoms with Crippen molar-refractivity contribution < 1.29 is 19.3 Å². The van der Waals surface area contributed by atoms with E-state index >= 15 is 0 Å². The molecule has 24 heavy (non-hydrogen) atoms. The average Bonchev–Trinajstić information content (AvgIpc) is 2.92. The van der Waals surface area contributed by atoms with E-state index in [1.54, 1.807) is 7.11 Å². The molecule has 128 valence electrons. The van der Waals surface area contributed by atoms with Crippen molar-refractivity contribution in [3.8, 4) is 0 Å². The van der Waals surface area contributed by atoms with Crippen LogP contribution in [0.2, 0.25) is 0 Å². The van der Waals surface area contributed by atoms with Crippen LogP contribution in [0.1, 0.15) is 37.2 Å². The van der Waals surface area contributed by atoms with Gasteiger partial charge in [-0.1, -0.05) is 60.7 Å². The Morgan fingerprint density at radius 3 is 1.92 bits per heavy atom. The molecule has 0 saturated carbocycles. The Kier molecular flexibility index (Phi) is 5.01. The summed E-state index contributed by atoms with van der Waals surface area (Å²) in [5, 5.41) is 10.9. The van der Waals surface area contributed by atoms with Crippen LogP contribution in [0.15, 0.2) is 60.7 Å². The van der Waals surface area contributed by atoms with E-state index in [1.165, 1.54) is 0 Å². The Bertz CT molecular complexity index is 641. The summed E-state index contributed by atoms with van der Waals surface area (Å²) in [5.41, 5.74) is 1.80. The predicted octanol–water partition coefficient (Wildman–Crippen LogP) is 3.63. The van der Waals surface area contributed by atoms with E-state index < -0.39 is 24.1 Å². The van der Waals surface area contributed by atoms with Gasteiger partial charge in [-0.15, -0.1) is 0 Å². The maximum absolute atomic E-state index is 10.9. The van der Waals surface area contributed by atoms with Crippen LogP contribution in [0.3, 0.4) is 0 Å². The van der Waals surface area contributed by atoms with E-state index in [-0.39, 0.29) is 6.10 Å². The Labute approximate surface area is 143 Å². The van der Waals surface area contributed by atoms with Crippen LogP contribution in [0.5, 0.6) is 0 Å². The van der Waals surface area contributed by atoms with Crippen LogP contribution in [0.4, 0.5) is 0 Å². The van der Waals surface area contributed by atoms with E-state index in [9.17, 15) is 5.11 Å². The normalized spacial score (nSPS) is 25.3. The number of hydrogen-bond donors (Lipinski definition) is 1. The number of methoxy groups -OCH3 is 1. The molecule has 0 unspecified atom stereocenters. The molecule has 0 aliphatic carbocycles. The van der Waals surface area contributed by atoms with Gasteiger partial charge in [0.05, 0.1) is 0 Å². The van der Waals surface area contributed by atoms with Crippen molar-refractivity contribution >= 4 is 0 Å². The topological polar surface area (TPSA) is 47.9 Å². The van der Waals surface area contributed by atoms with Gasteiger partial charge in [0.15, 0.2) is 5.79 Å². The maximum atomic E-state index is 10.9. The van der Waals surface area contributed by atoms with Crippen molar-refractivity contribution in [2.75, 3.05) is 7.11 Å². The van der Waals surface area contributed by atoms with Crippen molar-refractivity contribution in [2.24, 2.45) is 0 Å². The number of aliphatic hydroxyl groups is 1. The largest absolute Gasteiger partial charge is 0.386 e. The number of ether oxygens (including phenoxy) is 3. The third-order valence-electron chi connectivity index (χ3n) is 4.30. The van der Waals surface area contributed by atoms with Gasteiger partial charge < -0.3 is 19.3 Å². The standard InChI is InChI=1S/C20H24O4/c1-20(2)23-18(16(21)14-10-6-4-7-11-14)19(24-20)17(22-3)15-12-8-5-9-13-15/h4-13,16-19,21H,1-3H3/t16-,17-,18+,19+/m0/s1. The smallest absolute Gasteiger partial charge is 0.164 e. The van der Waals surface area contributed by atoms with Crippen LogP contribution in [0.25, 0.3) is 0 Å². The van der Waals surface area contributed by atoms with Gasteiger partial charge in [0.2, 0.25) is 0 Å². The van der Waals surface area contributed by atoms with Crippen molar-refractivity contribution in [3.63, 3.8) is 0 Å². The number of benzene rings is 2. The molecule has 0 radical (unpaired) electrons. The molecule has 1 aliphatic rings. The van der Waals surface area contributed by atoms with Crippen molar-refractivity contribution in [2.45, 2.75) is 44.1 Å². The summed E-state index contributed by atoms with van der Waals surface area (Å²) in [7, 11) is 1.65. The minimum atomic E-state index is -0.792. The molecule has 1 heterocycles. The summed E-state index contributed by atoms with van der Waals surface area (Å²) in [6, 6.07) is 19.4. The lowest BCUT2D eigenvalue weighted by atomic mass is 9.94. The lowest BCUT2D eigenvalue weighted by molar-refractivity contribution is -0.162. The number of rotatable bonds is 5. The Morgan fingerprint density at radius 1 is 0.875 bits per heavy atom. The molecule has 1 saturated heterocycles. The van der Waals surface area contributed by atoms with Crippen LogP contribution in [-0.4, -0.2) is 30.2 Å². The Balaban J connectivity index is 1.91. The van der Waals surface area contributed by atoms with Crippen LogP contribution in [0, 0.1) is 0 Å². The minimum absolute atomic E-state index is 0.323. The fourth-order valence-corrected chi connectivity index (χ4v) is 3.24. The van der Waals surface area contributed by atoms with E-state index in [1.807, 2.05) is 74.5 Å². The molecular weight excluding hydrogens is 304 g/mol. The molecule has 1 aliphatic heterocycles. The molecule has 2 aromatic rings. The zero-order chi connectivity index (χ0) is 17.2. The molecule has 2 aromatic carbocycles. The molecule has 4 heteroatoms. The van der Waals surface area contributed by atoms with E-state index in [4.69, 9.17) is 14.2 Å². The highest BCUT2D eigenvalue weighted by Crippen LogP contribution is 2.41. The molecule has 4 nitrogen and oxygen atoms in total. The van der Waals surface area contributed by atoms with E-state index in [0.717, 1.165) is 11.1 Å². The summed E-state index contributed by atoms with van der Waals surface area (Å²) >= 11 is 0. The zero-order valence-corrected chi connectivity index (χ0v) is 14.3. The molecule has 4 atom stereocenters. The maximum Gasteiger partial charge on any atom is 0.164 e. The second-order valence-electron chi connectivity index (χ2n) is 6.49. The summed E-state index contributed by atoms with van der Waals surface area (Å²) in [5.74, 6) is -0.781. The van der Waals surface area contributed by atoms with Gasteiger partial charge in [0.1, 0.15) is 24.4 Å². The second-order valence-corrected chi connectivity index (χ2v) is 6.49. The van der Waals surface area contributed by atoms with Crippen LogP contribution < -0.4 is 0 Å². The Morgan fingerprint density at radius 2 is 1.38 bits per heavy atom. The first-order chi connectivity index (χ1) is 11.5. The predicted molar refractivity (Wildman–Crippen MR) is 91.4 cm³/mol. The van der Waals surface area contributed by atoms with Gasteiger partial charge in [0.25, 0.3) is 0 Å². The van der Waals surface area contributed by atoms with Crippen LogP contribution in [-0.2, 0) is 14.2 Å². The number of aliphatic hydroxyl groups excluding tert-OH is 1. The summed E-state index contributed by atoms with van der Waals surface area (Å²) in [6.07, 6.45) is -2.05. The molecular formula is C20H24O4. The monoisotopic (exact) mass is 328 g/mol. The van der Waals surface area contributed by atoms with Gasteiger partial charge >= 0.3 is 0 Å². The molecule has 0 bridgehead atoms. The summed E-state index contributed by atoms with van der Waals surface area (Å²) in [6.45, 7) is 3.71. The summed E-state index contributed by atoms with van der Waals surface area (Å²) < 4.78 is 17.8. The first-order valence-electron chi connectivity index (χ1n) is 8.18. The van der Waals surface area contributed by atoms with E-state index in [0.29, 0.717) is 0 Å². The quantitative estimate of drug-likeness (QED) is 0.910. The first-order valence-corrected chi connectivity index (χ1v) is 8.18. The lowest BCUT2D eigenvalue weighted by Gasteiger charge is -2.28. The van der Waals surface area contributed by atoms with Gasteiger partial charge in [-0.05, 0) is 25.0 Å². The zero-order valence-electron chi connectivity index (χ0n) is 14.3. The van der Waals surface area contributed by atoms with Crippen molar-refractivity contribution in [3.05, 3.63) is 71.8 Å². The third kappa shape index (κ3) is 3.52. The van der Waals surface area contributed by atoms with Gasteiger partial charge in [-0.3, -0.25) is 0 Å². The molecule has 0 aromatic heterocycles. The SMILES string of the molecule is CO[C@@H](c1ccccc1)[C@H]1OC(C)(C)O[C@@H]1[C@@H](O)c1ccccc1. The fourth-order valence-electron chi connectivity index (χ4n) is 3.24. The van der Waals surface area contributed by atoms with Crippen LogP contribution >= 0.6 is 0 Å². The van der Waals surface area contributed by atoms with Gasteiger partial charge in [0, 0.05) is 7.11 Å². The van der Waals surface area contributed by atoms with Gasteiger partial charge in [-0.2, -0.15) is 0 Å². The second kappa shape index (κ2) is 7.03. The molecule has 3 rings (SSSR count). The molecule has 0 amide bonds. The first kappa shape index (κ1) is 17.1.